The fourth-order valence-electron chi connectivity index (χ4n) is 2.64. The zero-order chi connectivity index (χ0) is 16.4. The van der Waals surface area contributed by atoms with E-state index in [9.17, 15) is 0 Å². The van der Waals surface area contributed by atoms with Crippen LogP contribution in [0.15, 0.2) is 54.3 Å². The van der Waals surface area contributed by atoms with Crippen LogP contribution in [-0.2, 0) is 6.42 Å². The van der Waals surface area contributed by atoms with Crippen molar-refractivity contribution in [2.45, 2.75) is 6.42 Å². The van der Waals surface area contributed by atoms with Crippen LogP contribution in [0.5, 0.6) is 0 Å². The zero-order valence-electron chi connectivity index (χ0n) is 13.2. The summed E-state index contributed by atoms with van der Waals surface area (Å²) < 4.78 is 0. The molecule has 0 aliphatic heterocycles. The Hall–Kier alpha value is -2.31. The van der Waals surface area contributed by atoms with Crippen LogP contribution >= 0.6 is 22.7 Å². The molecule has 0 saturated carbocycles. The lowest BCUT2D eigenvalue weighted by Crippen LogP contribution is -2.21. The number of hydrogen-bond acceptors (Lipinski definition) is 6. The van der Waals surface area contributed by atoms with Crippen molar-refractivity contribution in [3.05, 3.63) is 59.3 Å². The second-order valence-corrected chi connectivity index (χ2v) is 7.50. The molecule has 3 heterocycles. The van der Waals surface area contributed by atoms with Crippen LogP contribution in [0.4, 0.5) is 5.82 Å². The topological polar surface area (TPSA) is 41.9 Å². The first-order chi connectivity index (χ1) is 11.8. The lowest BCUT2D eigenvalue weighted by atomic mass is 10.2. The summed E-state index contributed by atoms with van der Waals surface area (Å²) in [6.07, 6.45) is 4.44. The Kier molecular flexibility index (Phi) is 4.23. The number of benzene rings is 1. The third-order valence-corrected chi connectivity index (χ3v) is 5.80. The molecule has 3 aromatic heterocycles. The number of anilines is 1. The minimum absolute atomic E-state index is 0.885. The molecule has 0 saturated heterocycles. The fraction of sp³-hybridized carbons (Fsp3) is 0.167. The molecule has 0 unspecified atom stereocenters. The summed E-state index contributed by atoms with van der Waals surface area (Å²) >= 11 is 3.41. The van der Waals surface area contributed by atoms with Gasteiger partial charge in [0.05, 0.1) is 10.4 Å². The molecule has 0 bridgehead atoms. The molecule has 0 fully saturated rings. The van der Waals surface area contributed by atoms with Gasteiger partial charge >= 0.3 is 0 Å². The van der Waals surface area contributed by atoms with Crippen molar-refractivity contribution in [2.75, 3.05) is 18.5 Å². The number of hydrogen-bond donors (Lipinski definition) is 0. The van der Waals surface area contributed by atoms with Gasteiger partial charge in [0.25, 0.3) is 0 Å². The Bertz CT molecular complexity index is 932. The van der Waals surface area contributed by atoms with Gasteiger partial charge in [0, 0.05) is 36.5 Å². The van der Waals surface area contributed by atoms with Gasteiger partial charge in [-0.1, -0.05) is 30.3 Å². The summed E-state index contributed by atoms with van der Waals surface area (Å²) in [4.78, 5) is 17.8. The van der Waals surface area contributed by atoms with Crippen molar-refractivity contribution in [3.63, 3.8) is 0 Å². The van der Waals surface area contributed by atoms with E-state index in [1.54, 1.807) is 29.0 Å². The number of thiophene rings is 1. The molecule has 0 N–H and O–H groups in total. The normalized spacial score (nSPS) is 11.0. The highest BCUT2D eigenvalue weighted by Gasteiger charge is 2.13. The highest BCUT2D eigenvalue weighted by molar-refractivity contribution is 7.21. The summed E-state index contributed by atoms with van der Waals surface area (Å²) in [6.45, 7) is 0.885. The maximum absolute atomic E-state index is 4.52. The van der Waals surface area contributed by atoms with Crippen molar-refractivity contribution >= 4 is 38.7 Å². The summed E-state index contributed by atoms with van der Waals surface area (Å²) in [6, 6.07) is 12.6. The number of thiazole rings is 1. The molecule has 4 aromatic rings. The van der Waals surface area contributed by atoms with Crippen molar-refractivity contribution in [3.8, 4) is 10.4 Å². The summed E-state index contributed by atoms with van der Waals surface area (Å²) in [7, 11) is 2.08. The standard InChI is InChI=1S/C18H16N4S2/c1-22(9-7-16-19-8-10-23-16)17-14-11-15(13-5-3-2-4-6-13)24-18(14)21-12-20-17/h2-6,8,10-12H,7,9H2,1H3. The van der Waals surface area contributed by atoms with Crippen molar-refractivity contribution in [1.29, 1.82) is 0 Å². The lowest BCUT2D eigenvalue weighted by Gasteiger charge is -2.17. The maximum atomic E-state index is 4.52. The summed E-state index contributed by atoms with van der Waals surface area (Å²) in [5.74, 6) is 0.981. The van der Waals surface area contributed by atoms with E-state index in [0.717, 1.165) is 34.0 Å². The lowest BCUT2D eigenvalue weighted by molar-refractivity contribution is 0.856. The van der Waals surface area contributed by atoms with Crippen molar-refractivity contribution < 1.29 is 0 Å². The van der Waals surface area contributed by atoms with Gasteiger partial charge in [0.1, 0.15) is 17.0 Å². The Balaban J connectivity index is 1.64. The number of aromatic nitrogens is 3. The third-order valence-electron chi connectivity index (χ3n) is 3.87. The third kappa shape index (κ3) is 3.02. The van der Waals surface area contributed by atoms with Gasteiger partial charge < -0.3 is 4.90 Å². The monoisotopic (exact) mass is 352 g/mol. The van der Waals surface area contributed by atoms with Crippen LogP contribution in [-0.4, -0.2) is 28.5 Å². The quantitative estimate of drug-likeness (QED) is 0.530. The van der Waals surface area contributed by atoms with E-state index in [2.05, 4.69) is 57.2 Å². The summed E-state index contributed by atoms with van der Waals surface area (Å²) in [5.41, 5.74) is 1.22. The molecule has 4 nitrogen and oxygen atoms in total. The molecule has 0 atom stereocenters. The van der Waals surface area contributed by atoms with Crippen LogP contribution in [0.3, 0.4) is 0 Å². The van der Waals surface area contributed by atoms with Gasteiger partial charge in [-0.05, 0) is 11.6 Å². The van der Waals surface area contributed by atoms with E-state index in [0.29, 0.717) is 0 Å². The smallest absolute Gasteiger partial charge is 0.140 e. The Morgan fingerprint density at radius 2 is 1.96 bits per heavy atom. The molecule has 0 aliphatic carbocycles. The van der Waals surface area contributed by atoms with E-state index in [1.807, 2.05) is 17.6 Å². The highest BCUT2D eigenvalue weighted by atomic mass is 32.1. The van der Waals surface area contributed by atoms with Crippen molar-refractivity contribution in [1.82, 2.24) is 15.0 Å². The Morgan fingerprint density at radius 1 is 1.08 bits per heavy atom. The zero-order valence-corrected chi connectivity index (χ0v) is 14.8. The van der Waals surface area contributed by atoms with E-state index < -0.39 is 0 Å². The van der Waals surface area contributed by atoms with Gasteiger partial charge in [-0.3, -0.25) is 0 Å². The molecule has 24 heavy (non-hydrogen) atoms. The second-order valence-electron chi connectivity index (χ2n) is 5.49. The molecule has 4 rings (SSSR count). The predicted octanol–water partition coefficient (Wildman–Crippen LogP) is 4.49. The fourth-order valence-corrected chi connectivity index (χ4v) is 4.25. The number of nitrogens with zero attached hydrogens (tertiary/aromatic N) is 4. The molecule has 0 amide bonds. The Labute approximate surface area is 148 Å². The molecule has 6 heteroatoms. The molecule has 1 aromatic carbocycles. The molecule has 120 valence electrons. The molecular formula is C18H16N4S2. The molecular weight excluding hydrogens is 336 g/mol. The summed E-state index contributed by atoms with van der Waals surface area (Å²) in [5, 5.41) is 4.29. The number of fused-ring (bicyclic) bond motifs is 1. The van der Waals surface area contributed by atoms with E-state index in [1.165, 1.54) is 10.4 Å². The highest BCUT2D eigenvalue weighted by Crippen LogP contribution is 2.35. The van der Waals surface area contributed by atoms with E-state index >= 15 is 0 Å². The first-order valence-electron chi connectivity index (χ1n) is 7.71. The molecule has 0 spiro atoms. The second kappa shape index (κ2) is 6.67. The van der Waals surface area contributed by atoms with Gasteiger partial charge in [0.2, 0.25) is 0 Å². The first-order valence-corrected chi connectivity index (χ1v) is 9.40. The molecule has 0 radical (unpaired) electrons. The van der Waals surface area contributed by atoms with Gasteiger partial charge in [-0.25, -0.2) is 15.0 Å². The van der Waals surface area contributed by atoms with Gasteiger partial charge in [0.15, 0.2) is 0 Å². The van der Waals surface area contributed by atoms with Crippen LogP contribution < -0.4 is 4.90 Å². The average Bonchev–Trinajstić information content (AvgIpc) is 3.29. The van der Waals surface area contributed by atoms with Gasteiger partial charge in [-0.2, -0.15) is 0 Å². The van der Waals surface area contributed by atoms with Crippen LogP contribution in [0.1, 0.15) is 5.01 Å². The maximum Gasteiger partial charge on any atom is 0.140 e. The minimum atomic E-state index is 0.885. The Morgan fingerprint density at radius 3 is 2.75 bits per heavy atom. The van der Waals surface area contributed by atoms with Crippen LogP contribution in [0, 0.1) is 0 Å². The van der Waals surface area contributed by atoms with E-state index in [-0.39, 0.29) is 0 Å². The SMILES string of the molecule is CN(CCc1nccs1)c1ncnc2sc(-c3ccccc3)cc12. The van der Waals surface area contributed by atoms with Crippen LogP contribution in [0.25, 0.3) is 20.7 Å². The van der Waals surface area contributed by atoms with E-state index in [4.69, 9.17) is 0 Å². The number of likely N-dealkylation sites (N-methyl/N-ethyl adjacent to an activating group) is 1. The average molecular weight is 352 g/mol. The van der Waals surface area contributed by atoms with Gasteiger partial charge in [-0.15, -0.1) is 22.7 Å². The minimum Gasteiger partial charge on any atom is -0.359 e. The number of rotatable bonds is 5. The largest absolute Gasteiger partial charge is 0.359 e. The van der Waals surface area contributed by atoms with Crippen LogP contribution in [0.2, 0.25) is 0 Å². The first kappa shape index (κ1) is 15.2. The molecule has 0 aliphatic rings. The predicted molar refractivity (Wildman–Crippen MR) is 102 cm³/mol. The van der Waals surface area contributed by atoms with Crippen molar-refractivity contribution in [2.24, 2.45) is 0 Å².